The number of likely N-dealkylation sites (tertiary alicyclic amines) is 2. The van der Waals surface area contributed by atoms with E-state index < -0.39 is 0 Å². The van der Waals surface area contributed by atoms with Gasteiger partial charge in [0.2, 0.25) is 11.8 Å². The number of fused-ring (bicyclic) bond motifs is 2. The lowest BCUT2D eigenvalue weighted by atomic mass is 9.99. The number of likely N-dealkylation sites (N-methyl/N-ethyl adjacent to an activating group) is 1. The molecule has 3 aliphatic rings. The van der Waals surface area contributed by atoms with E-state index in [-0.39, 0.29) is 59.6 Å². The lowest BCUT2D eigenvalue weighted by Gasteiger charge is -2.22. The highest BCUT2D eigenvalue weighted by Gasteiger charge is 2.72. The summed E-state index contributed by atoms with van der Waals surface area (Å²) < 4.78 is 0.806. The van der Waals surface area contributed by atoms with E-state index >= 15 is 0 Å². The Morgan fingerprint density at radius 2 is 1.93 bits per heavy atom. The van der Waals surface area contributed by atoms with Crippen LogP contribution in [-0.2, 0) is 16.1 Å². The second-order valence-electron chi connectivity index (χ2n) is 11.6. The fourth-order valence-electron chi connectivity index (χ4n) is 6.27. The maximum atomic E-state index is 13.9. The first-order valence-electron chi connectivity index (χ1n) is 13.1. The topological polar surface area (TPSA) is 110 Å². The van der Waals surface area contributed by atoms with Gasteiger partial charge in [-0.05, 0) is 56.6 Å². The van der Waals surface area contributed by atoms with E-state index in [9.17, 15) is 19.6 Å². The van der Waals surface area contributed by atoms with E-state index in [0.29, 0.717) is 47.0 Å². The minimum atomic E-state index is -0.250. The molecule has 0 bridgehead atoms. The third-order valence-corrected chi connectivity index (χ3v) is 9.79. The summed E-state index contributed by atoms with van der Waals surface area (Å²) >= 11 is 1.44. The number of hydrogen-bond donors (Lipinski definition) is 0. The predicted octanol–water partition coefficient (Wildman–Crippen LogP) is 3.88. The van der Waals surface area contributed by atoms with Crippen LogP contribution in [-0.4, -0.2) is 75.6 Å². The zero-order chi connectivity index (χ0) is 27.8. The van der Waals surface area contributed by atoms with Gasteiger partial charge in [0.1, 0.15) is 11.8 Å². The largest absolute Gasteiger partial charge is 0.337 e. The number of piperidine rings is 1. The third kappa shape index (κ3) is 4.28. The van der Waals surface area contributed by atoms with Gasteiger partial charge < -0.3 is 9.80 Å². The Bertz CT molecular complexity index is 1580. The summed E-state index contributed by atoms with van der Waals surface area (Å²) in [6, 6.07) is 7.79. The smallest absolute Gasteiger partial charge is 0.256 e. The molecule has 3 fully saturated rings. The van der Waals surface area contributed by atoms with Crippen molar-refractivity contribution >= 4 is 51.7 Å². The highest BCUT2D eigenvalue weighted by Crippen LogP contribution is 2.63. The molecule has 0 N–H and O–H groups in total. The van der Waals surface area contributed by atoms with E-state index in [4.69, 9.17) is 0 Å². The number of halogens is 1. The minimum absolute atomic E-state index is 0. The number of hydrogen-bond acceptors (Lipinski definition) is 8. The van der Waals surface area contributed by atoms with Crippen molar-refractivity contribution in [1.82, 2.24) is 24.7 Å². The van der Waals surface area contributed by atoms with Crippen LogP contribution in [0.25, 0.3) is 21.5 Å². The zero-order valence-corrected chi connectivity index (χ0v) is 24.7. The summed E-state index contributed by atoms with van der Waals surface area (Å²) in [6.45, 7) is 7.28. The summed E-state index contributed by atoms with van der Waals surface area (Å²) in [5, 5.41) is 9.67. The molecule has 2 unspecified atom stereocenters. The number of rotatable bonds is 5. The van der Waals surface area contributed by atoms with Crippen molar-refractivity contribution in [2.45, 2.75) is 39.8 Å². The molecule has 3 aromatic heterocycles. The average molecular weight is 579 g/mol. The van der Waals surface area contributed by atoms with Crippen LogP contribution in [0.5, 0.6) is 0 Å². The average Bonchev–Trinajstić information content (AvgIpc) is 3.34. The van der Waals surface area contributed by atoms with Crippen molar-refractivity contribution < 1.29 is 14.4 Å². The number of nitrogens with zero attached hydrogens (tertiary/aromatic N) is 6. The maximum absolute atomic E-state index is 13.9. The number of carbonyl (C=O) groups excluding carboxylic acids is 3. The molecule has 1 aliphatic carbocycles. The first-order valence-corrected chi connectivity index (χ1v) is 13.9. The normalized spacial score (nSPS) is 23.0. The standard InChI is InChI=1S/C29H30N6O3S.ClH/c1-15-10-16(12-30)32-24(21(15)26(36)34-9-7-17(13-34)33(4)5)19-6-8-31-20-11-18(39-25(19)20)14-35-27(37)22-23(28(35)38)29(22,2)3;/h6,8,10-11,17,22-23H,7,9,13-14H2,1-5H3;1H/t17-,22?,23?;/m0./s1. The first kappa shape index (κ1) is 28.1. The lowest BCUT2D eigenvalue weighted by molar-refractivity contribution is -0.143. The van der Waals surface area contributed by atoms with Crippen molar-refractivity contribution in [3.63, 3.8) is 0 Å². The monoisotopic (exact) mass is 578 g/mol. The lowest BCUT2D eigenvalue weighted by Crippen LogP contribution is -2.35. The van der Waals surface area contributed by atoms with Gasteiger partial charge >= 0.3 is 0 Å². The minimum Gasteiger partial charge on any atom is -0.337 e. The van der Waals surface area contributed by atoms with Gasteiger partial charge in [-0.15, -0.1) is 23.7 Å². The Morgan fingerprint density at radius 3 is 2.55 bits per heavy atom. The van der Waals surface area contributed by atoms with Crippen LogP contribution in [0.2, 0.25) is 0 Å². The Morgan fingerprint density at radius 1 is 1.23 bits per heavy atom. The number of pyridine rings is 2. The molecular formula is C29H31ClN6O3S. The number of carbonyl (C=O) groups is 3. The van der Waals surface area contributed by atoms with Crippen molar-refractivity contribution in [2.24, 2.45) is 17.3 Å². The summed E-state index contributed by atoms with van der Waals surface area (Å²) in [5.41, 5.74) is 3.05. The Balaban J connectivity index is 0.00000323. The molecule has 5 heterocycles. The van der Waals surface area contributed by atoms with E-state index in [1.54, 1.807) is 12.3 Å². The van der Waals surface area contributed by atoms with Crippen molar-refractivity contribution in [3.8, 4) is 17.3 Å². The van der Waals surface area contributed by atoms with Gasteiger partial charge in [0.05, 0.1) is 39.9 Å². The van der Waals surface area contributed by atoms with E-state index in [1.807, 2.05) is 51.9 Å². The van der Waals surface area contributed by atoms with Crippen molar-refractivity contribution in [2.75, 3.05) is 27.2 Å². The van der Waals surface area contributed by atoms with Gasteiger partial charge in [-0.3, -0.25) is 24.3 Å². The van der Waals surface area contributed by atoms with Gasteiger partial charge in [-0.25, -0.2) is 4.98 Å². The number of aromatic nitrogens is 2. The van der Waals surface area contributed by atoms with Crippen LogP contribution in [0.1, 0.15) is 46.8 Å². The van der Waals surface area contributed by atoms with Crippen molar-refractivity contribution in [3.05, 3.63) is 46.1 Å². The molecular weight excluding hydrogens is 548 g/mol. The maximum Gasteiger partial charge on any atom is 0.256 e. The second kappa shape index (κ2) is 9.91. The highest BCUT2D eigenvalue weighted by molar-refractivity contribution is 7.19. The molecule has 2 aliphatic heterocycles. The Labute approximate surface area is 243 Å². The highest BCUT2D eigenvalue weighted by atomic mass is 35.5. The number of thiophene rings is 1. The second-order valence-corrected chi connectivity index (χ2v) is 12.8. The third-order valence-electron chi connectivity index (χ3n) is 8.65. The molecule has 9 nitrogen and oxygen atoms in total. The fraction of sp³-hybridized carbons (Fsp3) is 0.448. The van der Waals surface area contributed by atoms with E-state index in [0.717, 1.165) is 16.0 Å². The van der Waals surface area contributed by atoms with E-state index in [1.165, 1.54) is 16.2 Å². The summed E-state index contributed by atoms with van der Waals surface area (Å²) in [6.07, 6.45) is 2.57. The van der Waals surface area contributed by atoms with Gasteiger partial charge in [-0.1, -0.05) is 13.8 Å². The Kier molecular flexibility index (Phi) is 6.97. The number of imide groups is 1. The van der Waals surface area contributed by atoms with Crippen LogP contribution in [0.15, 0.2) is 24.4 Å². The number of amides is 3. The SMILES string of the molecule is Cc1cc(C#N)nc(-c2ccnc3cc(CN4C(=O)C5C(C4=O)C5(C)C)sc23)c1C(=O)N1CC[C@H](N(C)C)C1.Cl. The molecule has 0 aromatic carbocycles. The number of aryl methyl sites for hydroxylation is 1. The Hall–Kier alpha value is -3.39. The first-order chi connectivity index (χ1) is 18.5. The molecule has 0 radical (unpaired) electrons. The molecule has 0 spiro atoms. The van der Waals surface area contributed by atoms with Crippen molar-refractivity contribution in [1.29, 1.82) is 5.26 Å². The van der Waals surface area contributed by atoms with Gasteiger partial charge in [-0.2, -0.15) is 5.26 Å². The molecule has 3 atom stereocenters. The van der Waals surface area contributed by atoms with Gasteiger partial charge in [0, 0.05) is 35.8 Å². The van der Waals surface area contributed by atoms with Crippen LogP contribution in [0, 0.1) is 35.5 Å². The van der Waals surface area contributed by atoms with Gasteiger partial charge in [0.25, 0.3) is 5.91 Å². The van der Waals surface area contributed by atoms with Crippen LogP contribution < -0.4 is 0 Å². The molecule has 3 amide bonds. The molecule has 6 rings (SSSR count). The molecule has 2 saturated heterocycles. The molecule has 3 aromatic rings. The van der Waals surface area contributed by atoms with Gasteiger partial charge in [0.15, 0.2) is 0 Å². The number of nitriles is 1. The predicted molar refractivity (Wildman–Crippen MR) is 154 cm³/mol. The molecule has 208 valence electrons. The molecule has 1 saturated carbocycles. The molecule has 40 heavy (non-hydrogen) atoms. The van der Waals surface area contributed by atoms with E-state index in [2.05, 4.69) is 20.9 Å². The summed E-state index contributed by atoms with van der Waals surface area (Å²) in [4.78, 5) is 55.0. The van der Waals surface area contributed by atoms with Crippen LogP contribution in [0.4, 0.5) is 0 Å². The van der Waals surface area contributed by atoms with Crippen LogP contribution >= 0.6 is 23.7 Å². The van der Waals surface area contributed by atoms with Crippen LogP contribution in [0.3, 0.4) is 0 Å². The summed E-state index contributed by atoms with van der Waals surface area (Å²) in [7, 11) is 4.04. The summed E-state index contributed by atoms with van der Waals surface area (Å²) in [5.74, 6) is -0.746. The quantitative estimate of drug-likeness (QED) is 0.423. The zero-order valence-electron chi connectivity index (χ0n) is 23.1. The fourth-order valence-corrected chi connectivity index (χ4v) is 7.39. The molecule has 11 heteroatoms.